The van der Waals surface area contributed by atoms with Crippen LogP contribution in [0.5, 0.6) is 5.75 Å². The van der Waals surface area contributed by atoms with Crippen molar-refractivity contribution >= 4 is 29.3 Å². The van der Waals surface area contributed by atoms with E-state index in [1.54, 1.807) is 35.2 Å². The molecule has 3 aromatic rings. The van der Waals surface area contributed by atoms with Gasteiger partial charge in [0.15, 0.2) is 6.61 Å². The van der Waals surface area contributed by atoms with E-state index >= 15 is 0 Å². The maximum atomic E-state index is 12.2. The van der Waals surface area contributed by atoms with Gasteiger partial charge in [-0.2, -0.15) is 5.10 Å². The Bertz CT molecular complexity index is 1020. The number of carbonyl (C=O) groups is 2. The predicted molar refractivity (Wildman–Crippen MR) is 102 cm³/mol. The van der Waals surface area contributed by atoms with Gasteiger partial charge in [0.05, 0.1) is 17.6 Å². The number of benzene rings is 2. The normalized spacial score (nSPS) is 13.0. The van der Waals surface area contributed by atoms with Crippen LogP contribution >= 0.6 is 0 Å². The van der Waals surface area contributed by atoms with E-state index in [-0.39, 0.29) is 18.4 Å². The van der Waals surface area contributed by atoms with E-state index < -0.39 is 0 Å². The Morgan fingerprint density at radius 1 is 1.22 bits per heavy atom. The number of amides is 2. The molecule has 0 unspecified atom stereocenters. The third-order valence-corrected chi connectivity index (χ3v) is 3.93. The lowest BCUT2D eigenvalue weighted by Gasteiger charge is -2.18. The molecule has 4 rings (SSSR count). The molecule has 134 valence electrons. The summed E-state index contributed by atoms with van der Waals surface area (Å²) in [6.45, 7) is -0.00188. The standard InChI is InChI=1S/C20H16N4O3/c25-19(22-15-7-8-18-17(10-15)23-20(26)13-27-18)9-6-14-11-21-24(12-14)16-4-2-1-3-5-16/h1-12H,13H2,(H,22,25)(H,23,26)/b9-6-. The van der Waals surface area contributed by atoms with Crippen molar-refractivity contribution < 1.29 is 14.3 Å². The average Bonchev–Trinajstić information content (AvgIpc) is 3.16. The van der Waals surface area contributed by atoms with Gasteiger partial charge in [-0.1, -0.05) is 18.2 Å². The van der Waals surface area contributed by atoms with Crippen molar-refractivity contribution in [3.8, 4) is 11.4 Å². The van der Waals surface area contributed by atoms with E-state index in [2.05, 4.69) is 15.7 Å². The zero-order chi connectivity index (χ0) is 18.6. The summed E-state index contributed by atoms with van der Waals surface area (Å²) in [4.78, 5) is 23.5. The summed E-state index contributed by atoms with van der Waals surface area (Å²) in [5, 5.41) is 9.74. The first-order valence-corrected chi connectivity index (χ1v) is 8.33. The van der Waals surface area contributed by atoms with E-state index in [9.17, 15) is 9.59 Å². The Labute approximate surface area is 155 Å². The highest BCUT2D eigenvalue weighted by Gasteiger charge is 2.16. The SMILES string of the molecule is O=C(/C=C\c1cnn(-c2ccccc2)c1)Nc1ccc2c(c1)NC(=O)CO2. The van der Waals surface area contributed by atoms with Gasteiger partial charge in [-0.25, -0.2) is 4.68 Å². The Balaban J connectivity index is 1.42. The molecular weight excluding hydrogens is 344 g/mol. The summed E-state index contributed by atoms with van der Waals surface area (Å²) in [5.41, 5.74) is 2.85. The fraction of sp³-hybridized carbons (Fsp3) is 0.0500. The van der Waals surface area contributed by atoms with E-state index in [0.29, 0.717) is 17.1 Å². The maximum absolute atomic E-state index is 12.2. The largest absolute Gasteiger partial charge is 0.482 e. The van der Waals surface area contributed by atoms with Crippen molar-refractivity contribution in [2.24, 2.45) is 0 Å². The van der Waals surface area contributed by atoms with Crippen molar-refractivity contribution in [3.05, 3.63) is 72.6 Å². The van der Waals surface area contributed by atoms with Crippen LogP contribution in [0.2, 0.25) is 0 Å². The molecule has 0 saturated heterocycles. The minimum atomic E-state index is -0.287. The molecule has 0 aliphatic carbocycles. The predicted octanol–water partition coefficient (Wildman–Crippen LogP) is 2.86. The number of hydrogen-bond acceptors (Lipinski definition) is 4. The summed E-state index contributed by atoms with van der Waals surface area (Å²) in [5.74, 6) is 0.0724. The molecule has 0 fully saturated rings. The molecule has 2 N–H and O–H groups in total. The number of para-hydroxylation sites is 1. The third kappa shape index (κ3) is 3.87. The van der Waals surface area contributed by atoms with Crippen molar-refractivity contribution in [1.82, 2.24) is 9.78 Å². The molecule has 2 amide bonds. The lowest BCUT2D eigenvalue weighted by atomic mass is 10.2. The molecule has 27 heavy (non-hydrogen) atoms. The van der Waals surface area contributed by atoms with Gasteiger partial charge in [-0.15, -0.1) is 0 Å². The fourth-order valence-corrected chi connectivity index (χ4v) is 2.66. The molecule has 0 saturated carbocycles. The van der Waals surface area contributed by atoms with Crippen LogP contribution in [0.25, 0.3) is 11.8 Å². The van der Waals surface area contributed by atoms with Crippen LogP contribution in [0.1, 0.15) is 5.56 Å². The fourth-order valence-electron chi connectivity index (χ4n) is 2.66. The number of anilines is 2. The van der Waals surface area contributed by atoms with Gasteiger partial charge < -0.3 is 15.4 Å². The minimum Gasteiger partial charge on any atom is -0.482 e. The Morgan fingerprint density at radius 2 is 2.07 bits per heavy atom. The monoisotopic (exact) mass is 360 g/mol. The summed E-state index contributed by atoms with van der Waals surface area (Å²) in [7, 11) is 0. The first-order chi connectivity index (χ1) is 13.2. The number of carbonyl (C=O) groups excluding carboxylic acids is 2. The zero-order valence-electron chi connectivity index (χ0n) is 14.3. The molecule has 1 aliphatic rings. The quantitative estimate of drug-likeness (QED) is 0.701. The Morgan fingerprint density at radius 3 is 2.93 bits per heavy atom. The summed E-state index contributed by atoms with van der Waals surface area (Å²) in [6.07, 6.45) is 6.64. The summed E-state index contributed by atoms with van der Waals surface area (Å²) in [6, 6.07) is 14.8. The first kappa shape index (κ1) is 16.6. The minimum absolute atomic E-state index is 0.00188. The summed E-state index contributed by atoms with van der Waals surface area (Å²) < 4.78 is 7.03. The molecule has 2 aromatic carbocycles. The highest BCUT2D eigenvalue weighted by Crippen LogP contribution is 2.30. The van der Waals surface area contributed by atoms with Gasteiger partial charge in [0, 0.05) is 23.5 Å². The number of rotatable bonds is 4. The lowest BCUT2D eigenvalue weighted by molar-refractivity contribution is -0.118. The topological polar surface area (TPSA) is 85.3 Å². The highest BCUT2D eigenvalue weighted by atomic mass is 16.5. The number of nitrogens with zero attached hydrogens (tertiary/aromatic N) is 2. The van der Waals surface area contributed by atoms with Crippen molar-refractivity contribution in [3.63, 3.8) is 0 Å². The van der Waals surface area contributed by atoms with Gasteiger partial charge >= 0.3 is 0 Å². The number of aromatic nitrogens is 2. The van der Waals surface area contributed by atoms with Crippen molar-refractivity contribution in [2.45, 2.75) is 0 Å². The van der Waals surface area contributed by atoms with Crippen LogP contribution < -0.4 is 15.4 Å². The molecule has 1 aromatic heterocycles. The molecule has 1 aliphatic heterocycles. The van der Waals surface area contributed by atoms with Crippen LogP contribution in [0.3, 0.4) is 0 Å². The highest BCUT2D eigenvalue weighted by molar-refractivity contribution is 6.03. The first-order valence-electron chi connectivity index (χ1n) is 8.33. The van der Waals surface area contributed by atoms with Gasteiger partial charge in [0.25, 0.3) is 5.91 Å². The molecule has 7 heteroatoms. The number of fused-ring (bicyclic) bond motifs is 1. The van der Waals surface area contributed by atoms with E-state index in [1.165, 1.54) is 6.08 Å². The van der Waals surface area contributed by atoms with Crippen LogP contribution in [-0.2, 0) is 9.59 Å². The Hall–Kier alpha value is -3.87. The van der Waals surface area contributed by atoms with Crippen LogP contribution in [0.15, 0.2) is 67.0 Å². The van der Waals surface area contributed by atoms with Crippen molar-refractivity contribution in [1.29, 1.82) is 0 Å². The van der Waals surface area contributed by atoms with Crippen LogP contribution in [-0.4, -0.2) is 28.2 Å². The van der Waals surface area contributed by atoms with Gasteiger partial charge in [0.2, 0.25) is 5.91 Å². The average molecular weight is 360 g/mol. The number of hydrogen-bond donors (Lipinski definition) is 2. The Kier molecular flexibility index (Phi) is 4.40. The molecule has 2 heterocycles. The second kappa shape index (κ2) is 7.17. The van der Waals surface area contributed by atoms with Crippen molar-refractivity contribution in [2.75, 3.05) is 17.2 Å². The maximum Gasteiger partial charge on any atom is 0.262 e. The van der Waals surface area contributed by atoms with Gasteiger partial charge in [-0.3, -0.25) is 9.59 Å². The molecule has 0 atom stereocenters. The molecule has 0 radical (unpaired) electrons. The summed E-state index contributed by atoms with van der Waals surface area (Å²) >= 11 is 0. The van der Waals surface area contributed by atoms with Crippen LogP contribution in [0, 0.1) is 0 Å². The molecule has 0 spiro atoms. The van der Waals surface area contributed by atoms with E-state index in [1.807, 2.05) is 36.5 Å². The zero-order valence-corrected chi connectivity index (χ0v) is 14.3. The molecule has 0 bridgehead atoms. The smallest absolute Gasteiger partial charge is 0.262 e. The molecule has 7 nitrogen and oxygen atoms in total. The van der Waals surface area contributed by atoms with E-state index in [4.69, 9.17) is 4.74 Å². The molecular formula is C20H16N4O3. The number of ether oxygens (including phenoxy) is 1. The second-order valence-electron chi connectivity index (χ2n) is 5.92. The lowest BCUT2D eigenvalue weighted by Crippen LogP contribution is -2.25. The van der Waals surface area contributed by atoms with E-state index in [0.717, 1.165) is 11.3 Å². The second-order valence-corrected chi connectivity index (χ2v) is 5.92. The van der Waals surface area contributed by atoms with Crippen LogP contribution in [0.4, 0.5) is 11.4 Å². The van der Waals surface area contributed by atoms with Gasteiger partial charge in [0.1, 0.15) is 5.75 Å². The third-order valence-electron chi connectivity index (χ3n) is 3.93. The van der Waals surface area contributed by atoms with Gasteiger partial charge in [-0.05, 0) is 36.4 Å². The number of nitrogens with one attached hydrogen (secondary N) is 2.